The minimum atomic E-state index is 0.0635. The number of hydrogen-bond donors (Lipinski definition) is 0. The lowest BCUT2D eigenvalue weighted by molar-refractivity contribution is -0.146. The Bertz CT molecular complexity index is 1000. The average Bonchev–Trinajstić information content (AvgIpc) is 3.34. The first kappa shape index (κ1) is 25.9. The number of fused-ring (bicyclic) bond motifs is 1. The fourth-order valence-electron chi connectivity index (χ4n) is 5.65. The predicted octanol–water partition coefficient (Wildman–Crippen LogP) is 5.28. The third-order valence-electron chi connectivity index (χ3n) is 7.81. The highest BCUT2D eigenvalue weighted by Gasteiger charge is 2.35. The van der Waals surface area contributed by atoms with Gasteiger partial charge in [-0.25, -0.2) is 0 Å². The highest BCUT2D eigenvalue weighted by atomic mass is 32.1. The molecule has 2 amide bonds. The quantitative estimate of drug-likeness (QED) is 0.500. The van der Waals surface area contributed by atoms with Crippen molar-refractivity contribution in [2.45, 2.75) is 71.9 Å². The Morgan fingerprint density at radius 2 is 1.86 bits per heavy atom. The number of carbonyl (C=O) groups is 2. The predicted molar refractivity (Wildman–Crippen MR) is 144 cm³/mol. The number of rotatable bonds is 8. The molecule has 35 heavy (non-hydrogen) atoms. The van der Waals surface area contributed by atoms with Crippen LogP contribution in [0.4, 0.5) is 0 Å². The Kier molecular flexibility index (Phi) is 8.66. The van der Waals surface area contributed by atoms with E-state index in [0.29, 0.717) is 26.2 Å². The minimum absolute atomic E-state index is 0.0635. The fourth-order valence-corrected chi connectivity index (χ4v) is 6.55. The molecule has 5 nitrogen and oxygen atoms in total. The average molecular weight is 496 g/mol. The summed E-state index contributed by atoms with van der Waals surface area (Å²) in [5, 5.41) is 2.18. The van der Waals surface area contributed by atoms with Gasteiger partial charge < -0.3 is 9.80 Å². The van der Waals surface area contributed by atoms with Crippen molar-refractivity contribution in [2.24, 2.45) is 5.92 Å². The molecule has 3 atom stereocenters. The van der Waals surface area contributed by atoms with Crippen LogP contribution in [0.5, 0.6) is 0 Å². The van der Waals surface area contributed by atoms with Gasteiger partial charge in [-0.15, -0.1) is 11.3 Å². The lowest BCUT2D eigenvalue weighted by Gasteiger charge is -2.42. The zero-order valence-electron chi connectivity index (χ0n) is 21.8. The van der Waals surface area contributed by atoms with Gasteiger partial charge in [-0.3, -0.25) is 14.5 Å². The summed E-state index contributed by atoms with van der Waals surface area (Å²) in [7, 11) is 0. The molecule has 190 valence electrons. The number of benzene rings is 1. The largest absolute Gasteiger partial charge is 0.338 e. The first-order valence-electron chi connectivity index (χ1n) is 13.4. The van der Waals surface area contributed by atoms with Crippen LogP contribution in [0.25, 0.3) is 0 Å². The van der Waals surface area contributed by atoms with Gasteiger partial charge in [-0.2, -0.15) is 0 Å². The molecule has 0 bridgehead atoms. The van der Waals surface area contributed by atoms with Gasteiger partial charge in [0, 0.05) is 43.0 Å². The number of thiophene rings is 1. The standard InChI is InChI=1S/C29H41N3O2S/c1-5-7-8-23(6-2)29(34)32-17-16-30(19-22(32)4)27(33)20-31-15-13-26-25(14-18-35-26)28(31)24-11-9-21(3)10-12-24/h9-12,14,18,22-23,28H,5-8,13,15-17,19-20H2,1-4H3. The maximum Gasteiger partial charge on any atom is 0.236 e. The second-order valence-electron chi connectivity index (χ2n) is 10.3. The summed E-state index contributed by atoms with van der Waals surface area (Å²) in [6.45, 7) is 11.7. The van der Waals surface area contributed by atoms with Crippen LogP contribution >= 0.6 is 11.3 Å². The van der Waals surface area contributed by atoms with E-state index in [1.54, 1.807) is 0 Å². The van der Waals surface area contributed by atoms with Crippen LogP contribution in [0.15, 0.2) is 35.7 Å². The first-order chi connectivity index (χ1) is 16.9. The van der Waals surface area contributed by atoms with Crippen LogP contribution in [-0.2, 0) is 16.0 Å². The topological polar surface area (TPSA) is 43.9 Å². The summed E-state index contributed by atoms with van der Waals surface area (Å²) in [5.74, 6) is 0.571. The van der Waals surface area contributed by atoms with Crippen LogP contribution in [-0.4, -0.2) is 65.3 Å². The van der Waals surface area contributed by atoms with Gasteiger partial charge in [-0.1, -0.05) is 56.5 Å². The molecule has 3 heterocycles. The van der Waals surface area contributed by atoms with E-state index >= 15 is 0 Å². The third kappa shape index (κ3) is 5.80. The fraction of sp³-hybridized carbons (Fsp3) is 0.586. The van der Waals surface area contributed by atoms with Crippen molar-refractivity contribution in [3.63, 3.8) is 0 Å². The molecular formula is C29H41N3O2S. The van der Waals surface area contributed by atoms with Crippen molar-refractivity contribution in [3.8, 4) is 0 Å². The van der Waals surface area contributed by atoms with E-state index in [-0.39, 0.29) is 29.8 Å². The van der Waals surface area contributed by atoms with E-state index in [1.807, 2.05) is 21.1 Å². The summed E-state index contributed by atoms with van der Waals surface area (Å²) < 4.78 is 0. The number of piperazine rings is 1. The zero-order chi connectivity index (χ0) is 24.9. The Balaban J connectivity index is 1.42. The van der Waals surface area contributed by atoms with Crippen LogP contribution in [0, 0.1) is 12.8 Å². The van der Waals surface area contributed by atoms with Crippen molar-refractivity contribution in [1.29, 1.82) is 0 Å². The van der Waals surface area contributed by atoms with Crippen LogP contribution < -0.4 is 0 Å². The van der Waals surface area contributed by atoms with Gasteiger partial charge in [0.1, 0.15) is 0 Å². The van der Waals surface area contributed by atoms with E-state index < -0.39 is 0 Å². The summed E-state index contributed by atoms with van der Waals surface area (Å²) >= 11 is 1.83. The molecule has 3 unspecified atom stereocenters. The van der Waals surface area contributed by atoms with Gasteiger partial charge >= 0.3 is 0 Å². The van der Waals surface area contributed by atoms with Crippen molar-refractivity contribution < 1.29 is 9.59 Å². The maximum absolute atomic E-state index is 13.5. The Hall–Kier alpha value is -2.18. The second kappa shape index (κ2) is 11.7. The van der Waals surface area contributed by atoms with Gasteiger partial charge in [0.05, 0.1) is 12.6 Å². The second-order valence-corrected chi connectivity index (χ2v) is 11.3. The lowest BCUT2D eigenvalue weighted by Crippen LogP contribution is -2.58. The van der Waals surface area contributed by atoms with Crippen molar-refractivity contribution in [2.75, 3.05) is 32.7 Å². The number of hydrogen-bond acceptors (Lipinski definition) is 4. The minimum Gasteiger partial charge on any atom is -0.338 e. The van der Waals surface area contributed by atoms with Gasteiger partial charge in [0.25, 0.3) is 0 Å². The molecule has 0 saturated carbocycles. The highest BCUT2D eigenvalue weighted by Crippen LogP contribution is 2.37. The zero-order valence-corrected chi connectivity index (χ0v) is 22.7. The maximum atomic E-state index is 13.5. The third-order valence-corrected chi connectivity index (χ3v) is 8.81. The molecule has 2 aliphatic heterocycles. The molecule has 1 fully saturated rings. The highest BCUT2D eigenvalue weighted by molar-refractivity contribution is 7.10. The van der Waals surface area contributed by atoms with Crippen LogP contribution in [0.2, 0.25) is 0 Å². The normalized spacial score (nSPS) is 21.6. The van der Waals surface area contributed by atoms with Crippen LogP contribution in [0.3, 0.4) is 0 Å². The SMILES string of the molecule is CCCCC(CC)C(=O)N1CCN(C(=O)CN2CCc3sccc3C2c2ccc(C)cc2)CC1C. The van der Waals surface area contributed by atoms with E-state index in [9.17, 15) is 9.59 Å². The van der Waals surface area contributed by atoms with Crippen LogP contribution in [0.1, 0.15) is 74.1 Å². The summed E-state index contributed by atoms with van der Waals surface area (Å²) in [6, 6.07) is 11.2. The monoisotopic (exact) mass is 495 g/mol. The molecule has 6 heteroatoms. The van der Waals surface area contributed by atoms with Gasteiger partial charge in [0.15, 0.2) is 0 Å². The number of unbranched alkanes of at least 4 members (excludes halogenated alkanes) is 1. The Labute approximate surface area is 215 Å². The molecule has 4 rings (SSSR count). The smallest absolute Gasteiger partial charge is 0.236 e. The molecule has 2 aliphatic rings. The molecule has 0 spiro atoms. The Morgan fingerprint density at radius 1 is 1.09 bits per heavy atom. The van der Waals surface area contributed by atoms with Crippen molar-refractivity contribution in [3.05, 3.63) is 57.3 Å². The van der Waals surface area contributed by atoms with E-state index in [4.69, 9.17) is 0 Å². The number of nitrogens with zero attached hydrogens (tertiary/aromatic N) is 3. The first-order valence-corrected chi connectivity index (χ1v) is 14.3. The summed E-state index contributed by atoms with van der Waals surface area (Å²) in [5.41, 5.74) is 3.85. The van der Waals surface area contributed by atoms with Crippen molar-refractivity contribution in [1.82, 2.24) is 14.7 Å². The molecule has 2 aromatic rings. The van der Waals surface area contributed by atoms with E-state index in [0.717, 1.165) is 38.6 Å². The number of amides is 2. The number of aryl methyl sites for hydroxylation is 1. The molecule has 1 saturated heterocycles. The molecule has 0 radical (unpaired) electrons. The molecule has 1 aromatic heterocycles. The lowest BCUT2D eigenvalue weighted by atomic mass is 9.92. The molecule has 0 aliphatic carbocycles. The van der Waals surface area contributed by atoms with E-state index in [1.165, 1.54) is 21.6 Å². The van der Waals surface area contributed by atoms with Crippen molar-refractivity contribution >= 4 is 23.2 Å². The molecule has 0 N–H and O–H groups in total. The Morgan fingerprint density at radius 3 is 2.54 bits per heavy atom. The molecular weight excluding hydrogens is 454 g/mol. The molecule has 1 aromatic carbocycles. The number of carbonyl (C=O) groups excluding carboxylic acids is 2. The van der Waals surface area contributed by atoms with Gasteiger partial charge in [0.2, 0.25) is 11.8 Å². The van der Waals surface area contributed by atoms with E-state index in [2.05, 4.69) is 68.3 Å². The van der Waals surface area contributed by atoms with Gasteiger partial charge in [-0.05, 0) is 55.7 Å². The summed E-state index contributed by atoms with van der Waals surface area (Å²) in [6.07, 6.45) is 5.08. The summed E-state index contributed by atoms with van der Waals surface area (Å²) in [4.78, 5) is 34.5.